The van der Waals surface area contributed by atoms with Crippen LogP contribution in [0.3, 0.4) is 0 Å². The van der Waals surface area contributed by atoms with Crippen LogP contribution in [0, 0.1) is 23.1 Å². The first-order valence-corrected chi connectivity index (χ1v) is 8.31. The van der Waals surface area contributed by atoms with E-state index in [0.29, 0.717) is 35.6 Å². The highest BCUT2D eigenvalue weighted by molar-refractivity contribution is 9.10. The molecule has 1 aromatic rings. The molecule has 0 amide bonds. The third-order valence-corrected chi connectivity index (χ3v) is 5.83. The summed E-state index contributed by atoms with van der Waals surface area (Å²) >= 11 is 3.25. The summed E-state index contributed by atoms with van der Waals surface area (Å²) in [5, 5.41) is 9.73. The van der Waals surface area contributed by atoms with Crippen molar-refractivity contribution in [2.75, 3.05) is 0 Å². The molecule has 0 aliphatic heterocycles. The number of carboxylic acids is 1. The van der Waals surface area contributed by atoms with Crippen LogP contribution in [-0.2, 0) is 11.2 Å². The van der Waals surface area contributed by atoms with E-state index < -0.39 is 11.4 Å². The summed E-state index contributed by atoms with van der Waals surface area (Å²) in [6.45, 7) is 4.39. The van der Waals surface area contributed by atoms with Gasteiger partial charge in [-0.15, -0.1) is 0 Å². The molecule has 1 fully saturated rings. The Bertz CT molecular complexity index is 520. The van der Waals surface area contributed by atoms with Crippen molar-refractivity contribution in [2.24, 2.45) is 17.3 Å². The van der Waals surface area contributed by atoms with E-state index in [1.807, 2.05) is 6.07 Å². The molecule has 0 aromatic heterocycles. The minimum absolute atomic E-state index is 0.330. The molecule has 1 aromatic carbocycles. The van der Waals surface area contributed by atoms with Crippen molar-refractivity contribution in [1.29, 1.82) is 0 Å². The number of hydrogen-bond donors (Lipinski definition) is 1. The third-order valence-electron chi connectivity index (χ3n) is 4.94. The molecule has 1 saturated carbocycles. The SMILES string of the molecule is CC(C)C1CCC(Cc2cccc(F)c2Br)(C(=O)O)CC1. The van der Waals surface area contributed by atoms with Crippen molar-refractivity contribution in [3.63, 3.8) is 0 Å². The molecular weight excluding hydrogens is 335 g/mol. The van der Waals surface area contributed by atoms with Crippen molar-refractivity contribution < 1.29 is 14.3 Å². The Balaban J connectivity index is 2.21. The van der Waals surface area contributed by atoms with E-state index in [2.05, 4.69) is 29.8 Å². The topological polar surface area (TPSA) is 37.3 Å². The number of hydrogen-bond acceptors (Lipinski definition) is 1. The molecule has 0 unspecified atom stereocenters. The van der Waals surface area contributed by atoms with Gasteiger partial charge in [-0.25, -0.2) is 4.39 Å². The van der Waals surface area contributed by atoms with E-state index in [1.165, 1.54) is 6.07 Å². The minimum atomic E-state index is -0.749. The van der Waals surface area contributed by atoms with Crippen LogP contribution in [0.1, 0.15) is 45.1 Å². The number of carboxylic acid groups (broad SMARTS) is 1. The Morgan fingerprint density at radius 1 is 1.43 bits per heavy atom. The molecule has 1 N–H and O–H groups in total. The van der Waals surface area contributed by atoms with Gasteiger partial charge in [0.25, 0.3) is 0 Å². The first-order valence-electron chi connectivity index (χ1n) is 7.52. The summed E-state index contributed by atoms with van der Waals surface area (Å²) in [7, 11) is 0. The van der Waals surface area contributed by atoms with Gasteiger partial charge in [-0.2, -0.15) is 0 Å². The van der Waals surface area contributed by atoms with Crippen molar-refractivity contribution in [3.8, 4) is 0 Å². The highest BCUT2D eigenvalue weighted by atomic mass is 79.9. The Kier molecular flexibility index (Phi) is 5.07. The summed E-state index contributed by atoms with van der Waals surface area (Å²) in [5.41, 5.74) is 0.00206. The number of halogens is 2. The highest BCUT2D eigenvalue weighted by Gasteiger charge is 2.42. The van der Waals surface area contributed by atoms with Gasteiger partial charge in [-0.1, -0.05) is 26.0 Å². The maximum absolute atomic E-state index is 13.6. The van der Waals surface area contributed by atoms with Crippen LogP contribution in [0.15, 0.2) is 22.7 Å². The summed E-state index contributed by atoms with van der Waals surface area (Å²) in [4.78, 5) is 11.8. The summed E-state index contributed by atoms with van der Waals surface area (Å²) < 4.78 is 14.0. The molecule has 1 aliphatic carbocycles. The Morgan fingerprint density at radius 2 is 2.05 bits per heavy atom. The number of aliphatic carboxylic acids is 1. The molecule has 2 nitrogen and oxygen atoms in total. The molecule has 0 atom stereocenters. The predicted molar refractivity (Wildman–Crippen MR) is 84.7 cm³/mol. The third kappa shape index (κ3) is 3.47. The average molecular weight is 357 g/mol. The molecular formula is C17H22BrFO2. The fraction of sp³-hybridized carbons (Fsp3) is 0.588. The van der Waals surface area contributed by atoms with Crippen LogP contribution in [0.4, 0.5) is 4.39 Å². The molecule has 1 aliphatic rings. The van der Waals surface area contributed by atoms with Crippen LogP contribution in [0.25, 0.3) is 0 Å². The van der Waals surface area contributed by atoms with Crippen molar-refractivity contribution >= 4 is 21.9 Å². The standard InChI is InChI=1S/C17H22BrFO2/c1-11(2)12-6-8-17(9-7-12,16(20)21)10-13-4-3-5-14(19)15(13)18/h3-5,11-12H,6-10H2,1-2H3,(H,20,21). The second-order valence-electron chi connectivity index (χ2n) is 6.56. The second-order valence-corrected chi connectivity index (χ2v) is 7.35. The second kappa shape index (κ2) is 6.47. The quantitative estimate of drug-likeness (QED) is 0.819. The lowest BCUT2D eigenvalue weighted by Gasteiger charge is -2.38. The van der Waals surface area contributed by atoms with E-state index in [4.69, 9.17) is 0 Å². The number of carbonyl (C=O) groups is 1. The Hall–Kier alpha value is -0.900. The average Bonchev–Trinajstić information content (AvgIpc) is 2.44. The molecule has 0 radical (unpaired) electrons. The van der Waals surface area contributed by atoms with E-state index >= 15 is 0 Å². The van der Waals surface area contributed by atoms with Crippen LogP contribution in [0.2, 0.25) is 0 Å². The zero-order valence-corrected chi connectivity index (χ0v) is 14.1. The van der Waals surface area contributed by atoms with Gasteiger partial charge in [0.1, 0.15) is 5.82 Å². The molecule has 0 spiro atoms. The molecule has 0 heterocycles. The molecule has 0 saturated heterocycles. The maximum Gasteiger partial charge on any atom is 0.309 e. The van der Waals surface area contributed by atoms with Crippen LogP contribution < -0.4 is 0 Å². The highest BCUT2D eigenvalue weighted by Crippen LogP contribution is 2.44. The van der Waals surface area contributed by atoms with Gasteiger partial charge in [0, 0.05) is 0 Å². The fourth-order valence-electron chi connectivity index (χ4n) is 3.38. The number of rotatable bonds is 4. The Labute approximate surface area is 133 Å². The van der Waals surface area contributed by atoms with Gasteiger partial charge < -0.3 is 5.11 Å². The van der Waals surface area contributed by atoms with Gasteiger partial charge in [-0.3, -0.25) is 4.79 Å². The molecule has 21 heavy (non-hydrogen) atoms. The molecule has 2 rings (SSSR count). The lowest BCUT2D eigenvalue weighted by atomic mass is 9.65. The van der Waals surface area contributed by atoms with Gasteiger partial charge >= 0.3 is 5.97 Å². The van der Waals surface area contributed by atoms with Gasteiger partial charge in [0.15, 0.2) is 0 Å². The number of benzene rings is 1. The summed E-state index contributed by atoms with van der Waals surface area (Å²) in [6, 6.07) is 4.84. The van der Waals surface area contributed by atoms with E-state index in [-0.39, 0.29) is 5.82 Å². The fourth-order valence-corrected chi connectivity index (χ4v) is 3.78. The van der Waals surface area contributed by atoms with Crippen molar-refractivity contribution in [2.45, 2.75) is 46.0 Å². The van der Waals surface area contributed by atoms with Crippen LogP contribution >= 0.6 is 15.9 Å². The molecule has 0 bridgehead atoms. The predicted octanol–water partition coefficient (Wildman–Crippen LogP) is 5.05. The zero-order chi connectivity index (χ0) is 15.6. The molecule has 116 valence electrons. The molecule has 4 heteroatoms. The first kappa shape index (κ1) is 16.5. The van der Waals surface area contributed by atoms with Crippen molar-refractivity contribution in [3.05, 3.63) is 34.1 Å². The Morgan fingerprint density at radius 3 is 2.57 bits per heavy atom. The van der Waals surface area contributed by atoms with E-state index in [9.17, 15) is 14.3 Å². The van der Waals surface area contributed by atoms with Crippen LogP contribution in [-0.4, -0.2) is 11.1 Å². The van der Waals surface area contributed by atoms with Gasteiger partial charge in [0.2, 0.25) is 0 Å². The van der Waals surface area contributed by atoms with Gasteiger partial charge in [0.05, 0.1) is 9.89 Å². The maximum atomic E-state index is 13.6. The largest absolute Gasteiger partial charge is 0.481 e. The lowest BCUT2D eigenvalue weighted by molar-refractivity contribution is -0.151. The van der Waals surface area contributed by atoms with Crippen molar-refractivity contribution in [1.82, 2.24) is 0 Å². The smallest absolute Gasteiger partial charge is 0.309 e. The summed E-state index contributed by atoms with van der Waals surface area (Å²) in [5.74, 6) is 0.121. The monoisotopic (exact) mass is 356 g/mol. The lowest BCUT2D eigenvalue weighted by Crippen LogP contribution is -2.38. The van der Waals surface area contributed by atoms with Gasteiger partial charge in [-0.05, 0) is 71.5 Å². The van der Waals surface area contributed by atoms with Crippen LogP contribution in [0.5, 0.6) is 0 Å². The van der Waals surface area contributed by atoms with E-state index in [0.717, 1.165) is 18.4 Å². The normalized spacial score (nSPS) is 26.0. The minimum Gasteiger partial charge on any atom is -0.481 e. The summed E-state index contributed by atoms with van der Waals surface area (Å²) in [6.07, 6.45) is 3.63. The van der Waals surface area contributed by atoms with E-state index in [1.54, 1.807) is 6.07 Å². The first-order chi connectivity index (χ1) is 9.85. The zero-order valence-electron chi connectivity index (χ0n) is 12.5.